The number of hydrogen-bond acceptors (Lipinski definition) is 6. The van der Waals surface area contributed by atoms with Gasteiger partial charge in [-0.1, -0.05) is 30.3 Å². The van der Waals surface area contributed by atoms with Gasteiger partial charge in [0.1, 0.15) is 12.3 Å². The van der Waals surface area contributed by atoms with Gasteiger partial charge in [0, 0.05) is 11.8 Å². The summed E-state index contributed by atoms with van der Waals surface area (Å²) in [5, 5.41) is 2.69. The third kappa shape index (κ3) is 5.70. The number of carbonyl (C=O) groups is 1. The first kappa shape index (κ1) is 23.0. The van der Waals surface area contributed by atoms with E-state index >= 15 is 0 Å². The van der Waals surface area contributed by atoms with Crippen molar-refractivity contribution in [1.82, 2.24) is 0 Å². The van der Waals surface area contributed by atoms with E-state index in [4.69, 9.17) is 14.2 Å². The Labute approximate surface area is 187 Å². The number of ether oxygens (including phenoxy) is 3. The Kier molecular flexibility index (Phi) is 7.21. The number of anilines is 2. The molecule has 0 unspecified atom stereocenters. The fraction of sp³-hybridized carbons (Fsp3) is 0.174. The van der Waals surface area contributed by atoms with Crippen molar-refractivity contribution in [2.24, 2.45) is 0 Å². The van der Waals surface area contributed by atoms with Crippen LogP contribution in [0.25, 0.3) is 0 Å². The van der Waals surface area contributed by atoms with E-state index in [0.717, 1.165) is 10.6 Å². The van der Waals surface area contributed by atoms with E-state index in [1.807, 2.05) is 18.2 Å². The largest absolute Gasteiger partial charge is 0.493 e. The number of hydrogen-bond donors (Lipinski definition) is 1. The zero-order valence-electron chi connectivity index (χ0n) is 17.9. The van der Waals surface area contributed by atoms with Crippen molar-refractivity contribution >= 4 is 27.3 Å². The van der Waals surface area contributed by atoms with Gasteiger partial charge in [-0.05, 0) is 36.4 Å². The van der Waals surface area contributed by atoms with Crippen LogP contribution >= 0.6 is 0 Å². The summed E-state index contributed by atoms with van der Waals surface area (Å²) in [5.41, 5.74) is 0.691. The molecule has 168 valence electrons. The van der Waals surface area contributed by atoms with Crippen molar-refractivity contribution in [3.63, 3.8) is 0 Å². The quantitative estimate of drug-likeness (QED) is 0.525. The highest BCUT2D eigenvalue weighted by molar-refractivity contribution is 7.92. The summed E-state index contributed by atoms with van der Waals surface area (Å²) in [4.78, 5) is 12.7. The number of amides is 1. The molecule has 0 spiro atoms. The molecule has 8 nitrogen and oxygen atoms in total. The Morgan fingerprint density at radius 2 is 1.53 bits per heavy atom. The third-order valence-electron chi connectivity index (χ3n) is 4.46. The summed E-state index contributed by atoms with van der Waals surface area (Å²) < 4.78 is 42.4. The molecule has 3 aromatic rings. The number of sulfonamides is 1. The Morgan fingerprint density at radius 3 is 2.19 bits per heavy atom. The van der Waals surface area contributed by atoms with Crippen molar-refractivity contribution < 1.29 is 27.4 Å². The lowest BCUT2D eigenvalue weighted by Gasteiger charge is -2.24. The fourth-order valence-corrected chi connectivity index (χ4v) is 3.85. The fourth-order valence-electron chi connectivity index (χ4n) is 2.99. The van der Waals surface area contributed by atoms with E-state index < -0.39 is 22.5 Å². The van der Waals surface area contributed by atoms with Crippen LogP contribution in [-0.4, -0.2) is 41.3 Å². The molecule has 0 fully saturated rings. The van der Waals surface area contributed by atoms with Crippen LogP contribution in [0.1, 0.15) is 0 Å². The van der Waals surface area contributed by atoms with Gasteiger partial charge in [0.15, 0.2) is 17.2 Å². The maximum Gasteiger partial charge on any atom is 0.245 e. The molecule has 0 aromatic heterocycles. The number of carbonyl (C=O) groups excluding carboxylic acids is 1. The second-order valence-electron chi connectivity index (χ2n) is 6.77. The van der Waals surface area contributed by atoms with Crippen LogP contribution in [0.15, 0.2) is 72.8 Å². The second-order valence-corrected chi connectivity index (χ2v) is 8.68. The average molecular weight is 457 g/mol. The van der Waals surface area contributed by atoms with E-state index in [1.165, 1.54) is 14.2 Å². The highest BCUT2D eigenvalue weighted by Gasteiger charge is 2.24. The molecule has 0 saturated heterocycles. The van der Waals surface area contributed by atoms with E-state index in [1.54, 1.807) is 54.6 Å². The standard InChI is InChI=1S/C23H24N2O6S/c1-29-21-14-13-17(15-22(21)30-2)24-23(26)16-25(32(3,27)28)19-11-7-8-12-20(19)31-18-9-5-4-6-10-18/h4-15H,16H2,1-3H3,(H,24,26). The lowest BCUT2D eigenvalue weighted by atomic mass is 10.2. The van der Waals surface area contributed by atoms with Crippen LogP contribution in [0.5, 0.6) is 23.0 Å². The molecule has 0 aliphatic rings. The molecule has 3 rings (SSSR count). The molecule has 9 heteroatoms. The van der Waals surface area contributed by atoms with Gasteiger partial charge in [-0.25, -0.2) is 8.42 Å². The predicted molar refractivity (Wildman–Crippen MR) is 123 cm³/mol. The molecule has 0 heterocycles. The number of rotatable bonds is 9. The van der Waals surface area contributed by atoms with Crippen molar-refractivity contribution in [2.75, 3.05) is 36.6 Å². The second kappa shape index (κ2) is 10.1. The first-order chi connectivity index (χ1) is 15.3. The molecule has 0 atom stereocenters. The normalized spacial score (nSPS) is 10.8. The third-order valence-corrected chi connectivity index (χ3v) is 5.59. The number of benzene rings is 3. The van der Waals surface area contributed by atoms with E-state index in [9.17, 15) is 13.2 Å². The molecule has 0 saturated carbocycles. The van der Waals surface area contributed by atoms with Crippen LogP contribution in [0.4, 0.5) is 11.4 Å². The molecule has 0 aliphatic carbocycles. The smallest absolute Gasteiger partial charge is 0.245 e. The average Bonchev–Trinajstić information content (AvgIpc) is 2.78. The Morgan fingerprint density at radius 1 is 0.875 bits per heavy atom. The summed E-state index contributed by atoms with van der Waals surface area (Å²) in [6.07, 6.45) is 1.04. The van der Waals surface area contributed by atoms with E-state index in [0.29, 0.717) is 28.7 Å². The minimum Gasteiger partial charge on any atom is -0.493 e. The molecule has 0 bridgehead atoms. The highest BCUT2D eigenvalue weighted by Crippen LogP contribution is 2.34. The molecular weight excluding hydrogens is 432 g/mol. The molecule has 1 N–H and O–H groups in total. The minimum atomic E-state index is -3.80. The lowest BCUT2D eigenvalue weighted by molar-refractivity contribution is -0.114. The zero-order chi connectivity index (χ0) is 23.1. The maximum absolute atomic E-state index is 12.7. The summed E-state index contributed by atoms with van der Waals surface area (Å²) in [7, 11) is -0.802. The van der Waals surface area contributed by atoms with Gasteiger partial charge in [0.05, 0.1) is 26.2 Å². The molecule has 32 heavy (non-hydrogen) atoms. The molecule has 0 aliphatic heterocycles. The number of nitrogens with zero attached hydrogens (tertiary/aromatic N) is 1. The van der Waals surface area contributed by atoms with Crippen molar-refractivity contribution in [3.05, 3.63) is 72.8 Å². The molecule has 3 aromatic carbocycles. The SMILES string of the molecule is COc1ccc(NC(=O)CN(c2ccccc2Oc2ccccc2)S(C)(=O)=O)cc1OC. The maximum atomic E-state index is 12.7. The molecular formula is C23H24N2O6S. The van der Waals surface area contributed by atoms with Gasteiger partial charge in [-0.3, -0.25) is 9.10 Å². The van der Waals surface area contributed by atoms with Gasteiger partial charge in [0.25, 0.3) is 0 Å². The van der Waals surface area contributed by atoms with Gasteiger partial charge in [0.2, 0.25) is 15.9 Å². The molecule has 0 radical (unpaired) electrons. The number of nitrogens with one attached hydrogen (secondary N) is 1. The van der Waals surface area contributed by atoms with E-state index in [2.05, 4.69) is 5.32 Å². The van der Waals surface area contributed by atoms with Crippen LogP contribution in [-0.2, 0) is 14.8 Å². The highest BCUT2D eigenvalue weighted by atomic mass is 32.2. The minimum absolute atomic E-state index is 0.251. The summed E-state index contributed by atoms with van der Waals surface area (Å²) in [6.45, 7) is -0.442. The van der Waals surface area contributed by atoms with Crippen molar-refractivity contribution in [1.29, 1.82) is 0 Å². The van der Waals surface area contributed by atoms with Gasteiger partial charge < -0.3 is 19.5 Å². The first-order valence-corrected chi connectivity index (χ1v) is 11.5. The van der Waals surface area contributed by atoms with Crippen LogP contribution < -0.4 is 23.8 Å². The summed E-state index contributed by atoms with van der Waals surface area (Å²) >= 11 is 0. The lowest BCUT2D eigenvalue weighted by Crippen LogP contribution is -2.37. The van der Waals surface area contributed by atoms with Crippen LogP contribution in [0.3, 0.4) is 0 Å². The van der Waals surface area contributed by atoms with Gasteiger partial charge >= 0.3 is 0 Å². The first-order valence-electron chi connectivity index (χ1n) is 9.63. The topological polar surface area (TPSA) is 94.2 Å². The van der Waals surface area contributed by atoms with Crippen molar-refractivity contribution in [3.8, 4) is 23.0 Å². The Balaban J connectivity index is 1.85. The number of methoxy groups -OCH3 is 2. The van der Waals surface area contributed by atoms with E-state index in [-0.39, 0.29) is 5.69 Å². The van der Waals surface area contributed by atoms with Gasteiger partial charge in [-0.15, -0.1) is 0 Å². The predicted octanol–water partition coefficient (Wildman–Crippen LogP) is 3.90. The summed E-state index contributed by atoms with van der Waals surface area (Å²) in [5.74, 6) is 1.27. The van der Waals surface area contributed by atoms with Gasteiger partial charge in [-0.2, -0.15) is 0 Å². The Bertz CT molecular complexity index is 1180. The monoisotopic (exact) mass is 456 g/mol. The van der Waals surface area contributed by atoms with Crippen LogP contribution in [0.2, 0.25) is 0 Å². The number of para-hydroxylation sites is 3. The summed E-state index contributed by atoms with van der Waals surface area (Å²) in [6, 6.07) is 20.5. The van der Waals surface area contributed by atoms with Crippen molar-refractivity contribution in [2.45, 2.75) is 0 Å². The molecule has 1 amide bonds. The zero-order valence-corrected chi connectivity index (χ0v) is 18.8. The Hall–Kier alpha value is -3.72. The van der Waals surface area contributed by atoms with Crippen LogP contribution in [0, 0.1) is 0 Å².